The van der Waals surface area contributed by atoms with Crippen LogP contribution in [0.2, 0.25) is 0 Å². The molecule has 4 aliphatic rings. The summed E-state index contributed by atoms with van der Waals surface area (Å²) in [6.07, 6.45) is 0. The summed E-state index contributed by atoms with van der Waals surface area (Å²) in [5, 5.41) is 12.0. The van der Waals surface area contributed by atoms with Gasteiger partial charge in [0.05, 0.1) is 44.5 Å². The quantitative estimate of drug-likeness (QED) is 0.162. The molecular weight excluding hydrogens is 990 g/mol. The summed E-state index contributed by atoms with van der Waals surface area (Å²) in [4.78, 5) is 0. The molecule has 0 spiro atoms. The lowest BCUT2D eigenvalue weighted by atomic mass is 9.34. The summed E-state index contributed by atoms with van der Waals surface area (Å²) in [6, 6.07) is 84.7. The second kappa shape index (κ2) is 14.3. The average molecular weight is 1030 g/mol. The topological polar surface area (TPSA) is 51.3 Å². The molecule has 21 rings (SSSR count). The van der Waals surface area contributed by atoms with E-state index in [1.54, 1.807) is 0 Å². The summed E-state index contributed by atoms with van der Waals surface area (Å²) < 4.78 is 31.6. The number of hydrogen-bond acceptors (Lipinski definition) is 3. The molecule has 0 bridgehead atoms. The SMILES string of the molecule is c1ccc2c(c1)c1ccccc1n2-c1cc2c3c(c1)-n1c4ccccc4c4cccc(c41)B3c1cc3c(cc1O2)oc1cc2c(cc13)B1c3c(cc(-n4c5ccccc5c5ccccc54)cc3-n3c4ccccc4c4cccc1c43)O2. The third-order valence-electron chi connectivity index (χ3n) is 18.8. The highest BCUT2D eigenvalue weighted by Gasteiger charge is 2.44. The largest absolute Gasteiger partial charge is 0.458 e. The van der Waals surface area contributed by atoms with Crippen molar-refractivity contribution >= 4 is 155 Å². The van der Waals surface area contributed by atoms with Gasteiger partial charge in [0.15, 0.2) is 0 Å². The van der Waals surface area contributed by atoms with Crippen LogP contribution in [-0.4, -0.2) is 31.7 Å². The van der Waals surface area contributed by atoms with E-state index in [4.69, 9.17) is 13.9 Å². The third-order valence-corrected chi connectivity index (χ3v) is 18.8. The van der Waals surface area contributed by atoms with E-state index in [0.717, 1.165) is 101 Å². The molecule has 0 N–H and O–H groups in total. The Hall–Kier alpha value is -10.6. The standard InChI is InChI=1S/C72H38B2N4O3/c1-7-25-55-41(15-1)42-16-2-8-26-56(42)75(55)39-31-61-69-67(33-39)80-65-37-63-49(35-53(65)73(69)51-23-13-21-47-45-19-5-11-29-59(45)77(61)71(47)51)50-36-54-66(38-64(50)79-63)81-68-34-40(76-57-27-9-3-17-43(57)44-18-4-10-28-58(44)76)32-62-70(68)74(54)52-24-14-22-48-46-20-6-12-30-60(46)78(62)72(48)52/h1-38H. The Balaban J connectivity index is 0.809. The number of nitrogens with zero attached hydrogens (tertiary/aromatic N) is 4. The van der Waals surface area contributed by atoms with Crippen LogP contribution in [0, 0.1) is 0 Å². The molecule has 0 atom stereocenters. The van der Waals surface area contributed by atoms with Crippen molar-refractivity contribution in [2.24, 2.45) is 0 Å². The molecule has 0 saturated heterocycles. The first-order valence-corrected chi connectivity index (χ1v) is 28.0. The second-order valence-electron chi connectivity index (χ2n) is 22.6. The molecule has 0 saturated carbocycles. The van der Waals surface area contributed by atoms with Crippen LogP contribution in [-0.2, 0) is 0 Å². The third kappa shape index (κ3) is 4.98. The number of hydrogen-bond donors (Lipinski definition) is 0. The molecule has 0 aliphatic carbocycles. The number of fused-ring (bicyclic) bond motifs is 23. The first-order valence-electron chi connectivity index (χ1n) is 28.0. The van der Waals surface area contributed by atoms with Gasteiger partial charge in [0, 0.05) is 101 Å². The van der Waals surface area contributed by atoms with Crippen molar-refractivity contribution in [3.63, 3.8) is 0 Å². The van der Waals surface area contributed by atoms with Gasteiger partial charge in [-0.1, -0.05) is 158 Å². The Bertz CT molecular complexity index is 5370. The van der Waals surface area contributed by atoms with Crippen LogP contribution in [0.3, 0.4) is 0 Å². The highest BCUT2D eigenvalue weighted by atomic mass is 16.5. The van der Waals surface area contributed by atoms with E-state index in [1.807, 2.05) is 0 Å². The fraction of sp³-hybridized carbons (Fsp3) is 0. The smallest absolute Gasteiger partial charge is 0.256 e. The van der Waals surface area contributed by atoms with Crippen molar-refractivity contribution in [1.29, 1.82) is 0 Å². The lowest BCUT2D eigenvalue weighted by Crippen LogP contribution is -2.58. The molecule has 0 radical (unpaired) electrons. The molecule has 370 valence electrons. The Morgan fingerprint density at radius 2 is 0.593 bits per heavy atom. The fourth-order valence-corrected chi connectivity index (χ4v) is 15.7. The van der Waals surface area contributed by atoms with Crippen LogP contribution in [0.1, 0.15) is 0 Å². The lowest BCUT2D eigenvalue weighted by molar-refractivity contribution is 0.485. The van der Waals surface area contributed by atoms with Crippen LogP contribution < -0.4 is 42.3 Å². The van der Waals surface area contributed by atoms with Crippen molar-refractivity contribution in [1.82, 2.24) is 18.3 Å². The van der Waals surface area contributed by atoms with E-state index in [1.165, 1.54) is 87.0 Å². The number of para-hydroxylation sites is 8. The minimum atomic E-state index is -0.113. The molecular formula is C72H38B2N4O3. The van der Waals surface area contributed by atoms with Crippen molar-refractivity contribution in [3.8, 4) is 45.7 Å². The zero-order chi connectivity index (χ0) is 52.1. The van der Waals surface area contributed by atoms with Gasteiger partial charge in [0.1, 0.15) is 34.2 Å². The average Bonchev–Trinajstić information content (AvgIpc) is 2.24. The van der Waals surface area contributed by atoms with E-state index in [2.05, 4.69) is 249 Å². The van der Waals surface area contributed by atoms with E-state index in [-0.39, 0.29) is 13.4 Å². The maximum atomic E-state index is 7.36. The minimum absolute atomic E-state index is 0.113. The van der Waals surface area contributed by atoms with Crippen molar-refractivity contribution < 1.29 is 13.9 Å². The zero-order valence-electron chi connectivity index (χ0n) is 43.1. The Morgan fingerprint density at radius 3 is 0.975 bits per heavy atom. The van der Waals surface area contributed by atoms with Crippen LogP contribution >= 0.6 is 0 Å². The lowest BCUT2D eigenvalue weighted by Gasteiger charge is -2.34. The summed E-state index contributed by atoms with van der Waals surface area (Å²) in [7, 11) is 0. The van der Waals surface area contributed by atoms with Gasteiger partial charge >= 0.3 is 0 Å². The number of benzene rings is 12. The van der Waals surface area contributed by atoms with Crippen LogP contribution in [0.25, 0.3) is 132 Å². The van der Waals surface area contributed by atoms with Gasteiger partial charge in [-0.3, -0.25) is 0 Å². The van der Waals surface area contributed by atoms with Crippen molar-refractivity contribution in [2.45, 2.75) is 0 Å². The van der Waals surface area contributed by atoms with Gasteiger partial charge in [-0.15, -0.1) is 0 Å². The molecule has 17 aromatic rings. The van der Waals surface area contributed by atoms with Gasteiger partial charge in [0.2, 0.25) is 0 Å². The van der Waals surface area contributed by atoms with Gasteiger partial charge in [-0.2, -0.15) is 0 Å². The normalized spacial score (nSPS) is 13.6. The predicted octanol–water partition coefficient (Wildman–Crippen LogP) is 13.8. The summed E-state index contributed by atoms with van der Waals surface area (Å²) in [5.41, 5.74) is 22.5. The van der Waals surface area contributed by atoms with Crippen LogP contribution in [0.4, 0.5) is 0 Å². The van der Waals surface area contributed by atoms with Crippen molar-refractivity contribution in [3.05, 3.63) is 231 Å². The first-order chi connectivity index (χ1) is 40.2. The van der Waals surface area contributed by atoms with Gasteiger partial charge in [-0.05, 0) is 81.3 Å². The molecule has 0 amide bonds. The maximum Gasteiger partial charge on any atom is 0.256 e. The maximum absolute atomic E-state index is 7.36. The number of rotatable bonds is 2. The Labute approximate surface area is 461 Å². The summed E-state index contributed by atoms with van der Waals surface area (Å²) >= 11 is 0. The molecule has 0 fully saturated rings. The number of ether oxygens (including phenoxy) is 2. The van der Waals surface area contributed by atoms with Gasteiger partial charge < -0.3 is 32.2 Å². The van der Waals surface area contributed by atoms with E-state index in [0.29, 0.717) is 0 Å². The van der Waals surface area contributed by atoms with Crippen LogP contribution in [0.5, 0.6) is 23.0 Å². The molecule has 0 unspecified atom stereocenters. The highest BCUT2D eigenvalue weighted by Crippen LogP contribution is 2.45. The molecule has 5 aromatic heterocycles. The molecule has 81 heavy (non-hydrogen) atoms. The summed E-state index contributed by atoms with van der Waals surface area (Å²) in [6.45, 7) is -0.226. The minimum Gasteiger partial charge on any atom is -0.458 e. The molecule has 12 aromatic carbocycles. The van der Waals surface area contributed by atoms with Gasteiger partial charge in [-0.25, -0.2) is 0 Å². The van der Waals surface area contributed by atoms with E-state index < -0.39 is 0 Å². The molecule has 7 nitrogen and oxygen atoms in total. The zero-order valence-corrected chi connectivity index (χ0v) is 43.1. The van der Waals surface area contributed by atoms with Gasteiger partial charge in [0.25, 0.3) is 13.4 Å². The van der Waals surface area contributed by atoms with Crippen LogP contribution in [0.15, 0.2) is 235 Å². The predicted molar refractivity (Wildman–Crippen MR) is 333 cm³/mol. The Morgan fingerprint density at radius 1 is 0.259 bits per heavy atom. The van der Waals surface area contributed by atoms with E-state index >= 15 is 0 Å². The molecule has 9 heteroatoms. The number of furan rings is 1. The summed E-state index contributed by atoms with van der Waals surface area (Å²) in [5.74, 6) is 3.29. The molecule has 9 heterocycles. The Kier molecular flexibility index (Phi) is 7.34. The second-order valence-corrected chi connectivity index (χ2v) is 22.6. The first kappa shape index (κ1) is 41.5. The highest BCUT2D eigenvalue weighted by molar-refractivity contribution is 7.00. The monoisotopic (exact) mass is 1030 g/mol. The van der Waals surface area contributed by atoms with Crippen molar-refractivity contribution in [2.75, 3.05) is 0 Å². The fourth-order valence-electron chi connectivity index (χ4n) is 15.7. The molecule has 4 aliphatic heterocycles. The number of aromatic nitrogens is 4. The van der Waals surface area contributed by atoms with E-state index in [9.17, 15) is 0 Å².